The third kappa shape index (κ3) is 10.7. The van der Waals surface area contributed by atoms with Gasteiger partial charge in [-0.2, -0.15) is 4.31 Å². The van der Waals surface area contributed by atoms with Crippen LogP contribution in [0.1, 0.15) is 43.5 Å². The van der Waals surface area contributed by atoms with Gasteiger partial charge in [-0.05, 0) is 51.0 Å². The summed E-state index contributed by atoms with van der Waals surface area (Å²) in [6, 6.07) is 4.56. The summed E-state index contributed by atoms with van der Waals surface area (Å²) in [5.41, 5.74) is 16.9. The standard InChI is InChI=1S/C23H38N8O7S/c1-15(24)8-12-31(39(35,36)16(2)30-22(26)34)19(25)14-20(32)38-21(33)17-4-6-18(7-5-17)37-13-11-29-23-27-9-3-10-28-23/h4-7,15-16,19H,3,8-14,24-25H2,1-2H3,(H3,26,30,34)(H2,27,28,29)/t15?,16?,19-/m0/s1. The van der Waals surface area contributed by atoms with Gasteiger partial charge in [0.2, 0.25) is 10.0 Å². The molecule has 0 spiro atoms. The maximum absolute atomic E-state index is 12.9. The minimum Gasteiger partial charge on any atom is -0.492 e. The van der Waals surface area contributed by atoms with Crippen molar-refractivity contribution in [2.45, 2.75) is 50.7 Å². The number of hydrogen-bond donors (Lipinski definition) is 6. The summed E-state index contributed by atoms with van der Waals surface area (Å²) in [5.74, 6) is -0.724. The molecule has 0 aromatic heterocycles. The fourth-order valence-corrected chi connectivity index (χ4v) is 4.93. The van der Waals surface area contributed by atoms with E-state index in [0.29, 0.717) is 18.9 Å². The minimum atomic E-state index is -4.22. The van der Waals surface area contributed by atoms with Crippen LogP contribution < -0.4 is 37.9 Å². The van der Waals surface area contributed by atoms with Crippen molar-refractivity contribution in [1.82, 2.24) is 20.3 Å². The summed E-state index contributed by atoms with van der Waals surface area (Å²) >= 11 is 0. The lowest BCUT2D eigenvalue weighted by Crippen LogP contribution is -2.55. The second kappa shape index (κ2) is 15.2. The zero-order chi connectivity index (χ0) is 29.0. The summed E-state index contributed by atoms with van der Waals surface area (Å²) in [7, 11) is -4.22. The molecule has 1 heterocycles. The van der Waals surface area contributed by atoms with Gasteiger partial charge in [0.05, 0.1) is 24.7 Å². The van der Waals surface area contributed by atoms with E-state index in [1.807, 2.05) is 0 Å². The van der Waals surface area contributed by atoms with Crippen molar-refractivity contribution >= 4 is 34.0 Å². The third-order valence-corrected chi connectivity index (χ3v) is 7.65. The van der Waals surface area contributed by atoms with Crippen LogP contribution in [0, 0.1) is 0 Å². The van der Waals surface area contributed by atoms with Crippen molar-refractivity contribution in [3.63, 3.8) is 0 Å². The molecule has 0 aliphatic carbocycles. The van der Waals surface area contributed by atoms with Crippen LogP contribution in [0.3, 0.4) is 0 Å². The number of primary amides is 1. The van der Waals surface area contributed by atoms with E-state index in [-0.39, 0.29) is 24.6 Å². The first-order valence-corrected chi connectivity index (χ1v) is 14.0. The number of aliphatic imine (C=N–C) groups is 1. The highest BCUT2D eigenvalue weighted by atomic mass is 32.2. The third-order valence-electron chi connectivity index (χ3n) is 5.53. The molecule has 218 valence electrons. The second-order valence-corrected chi connectivity index (χ2v) is 11.1. The number of nitrogens with zero attached hydrogens (tertiary/aromatic N) is 2. The molecular weight excluding hydrogens is 532 g/mol. The topological polar surface area (TPSA) is 234 Å². The van der Waals surface area contributed by atoms with Gasteiger partial charge in [0.1, 0.15) is 17.7 Å². The number of carbonyl (C=O) groups is 3. The average molecular weight is 571 g/mol. The SMILES string of the molecule is CC(N)CCN([C@H](N)CC(=O)OC(=O)c1ccc(OCCNC2=NCCCN2)cc1)S(=O)(=O)C(C)NC(N)=O. The van der Waals surface area contributed by atoms with Crippen molar-refractivity contribution < 1.29 is 32.3 Å². The lowest BCUT2D eigenvalue weighted by molar-refractivity contribution is -0.138. The summed E-state index contributed by atoms with van der Waals surface area (Å²) in [6.07, 6.45) is -0.786. The number of nitrogens with one attached hydrogen (secondary N) is 3. The number of amides is 2. The molecule has 15 nitrogen and oxygen atoms in total. The number of guanidine groups is 1. The molecule has 2 unspecified atom stereocenters. The van der Waals surface area contributed by atoms with Gasteiger partial charge >= 0.3 is 18.0 Å². The summed E-state index contributed by atoms with van der Waals surface area (Å²) in [5, 5.41) is 6.93. The molecule has 9 N–H and O–H groups in total. The van der Waals surface area contributed by atoms with Gasteiger partial charge in [-0.1, -0.05) is 0 Å². The number of benzene rings is 1. The number of esters is 2. The summed E-state index contributed by atoms with van der Waals surface area (Å²) < 4.78 is 37.2. The molecule has 2 rings (SSSR count). The van der Waals surface area contributed by atoms with Gasteiger partial charge in [0.15, 0.2) is 5.96 Å². The Labute approximate surface area is 227 Å². The Bertz CT molecular complexity index is 1110. The predicted octanol–water partition coefficient (Wildman–Crippen LogP) is -1.25. The molecule has 0 bridgehead atoms. The molecule has 1 aliphatic rings. The Morgan fingerprint density at radius 1 is 1.18 bits per heavy atom. The quantitative estimate of drug-likeness (QED) is 0.0669. The van der Waals surface area contributed by atoms with Crippen LogP contribution in [0.4, 0.5) is 4.79 Å². The number of nitrogens with two attached hydrogens (primary N) is 3. The fraction of sp³-hybridized carbons (Fsp3) is 0.565. The number of rotatable bonds is 14. The molecule has 1 aromatic rings. The first kappa shape index (κ1) is 31.7. The number of urea groups is 1. The molecule has 1 aromatic carbocycles. The van der Waals surface area contributed by atoms with Crippen molar-refractivity contribution in [3.8, 4) is 5.75 Å². The highest BCUT2D eigenvalue weighted by Crippen LogP contribution is 2.16. The second-order valence-electron chi connectivity index (χ2n) is 8.92. The van der Waals surface area contributed by atoms with E-state index in [4.69, 9.17) is 26.7 Å². The van der Waals surface area contributed by atoms with Gasteiger partial charge in [0.25, 0.3) is 0 Å². The van der Waals surface area contributed by atoms with E-state index in [1.165, 1.54) is 19.1 Å². The zero-order valence-corrected chi connectivity index (χ0v) is 22.9. The Morgan fingerprint density at radius 3 is 2.46 bits per heavy atom. The molecule has 0 saturated heterocycles. The highest BCUT2D eigenvalue weighted by molar-refractivity contribution is 7.89. The van der Waals surface area contributed by atoms with Crippen LogP contribution >= 0.6 is 0 Å². The molecule has 3 atom stereocenters. The van der Waals surface area contributed by atoms with E-state index in [0.717, 1.165) is 29.8 Å². The number of ether oxygens (including phenoxy) is 2. The smallest absolute Gasteiger partial charge is 0.345 e. The highest BCUT2D eigenvalue weighted by Gasteiger charge is 2.35. The molecular formula is C23H38N8O7S. The Morgan fingerprint density at radius 2 is 1.87 bits per heavy atom. The van der Waals surface area contributed by atoms with Crippen LogP contribution in [0.2, 0.25) is 0 Å². The van der Waals surface area contributed by atoms with E-state index < -0.39 is 46.0 Å². The summed E-state index contributed by atoms with van der Waals surface area (Å²) in [6.45, 7) is 5.29. The molecule has 2 amide bonds. The van der Waals surface area contributed by atoms with Gasteiger partial charge in [-0.3, -0.25) is 9.79 Å². The average Bonchev–Trinajstić information content (AvgIpc) is 2.86. The Balaban J connectivity index is 1.90. The van der Waals surface area contributed by atoms with Crippen LogP contribution in [0.15, 0.2) is 29.3 Å². The Kier molecular flexibility index (Phi) is 12.4. The van der Waals surface area contributed by atoms with Crippen molar-refractivity contribution in [2.75, 3.05) is 32.8 Å². The molecule has 1 aliphatic heterocycles. The van der Waals surface area contributed by atoms with Crippen LogP contribution in [-0.2, 0) is 19.6 Å². The van der Waals surface area contributed by atoms with E-state index in [2.05, 4.69) is 20.9 Å². The van der Waals surface area contributed by atoms with Gasteiger partial charge in [-0.25, -0.2) is 18.0 Å². The zero-order valence-electron chi connectivity index (χ0n) is 22.1. The first-order valence-electron chi connectivity index (χ1n) is 12.5. The van der Waals surface area contributed by atoms with Crippen LogP contribution in [-0.4, -0.2) is 87.0 Å². The Hall–Kier alpha value is -3.47. The molecule has 0 saturated carbocycles. The molecule has 0 radical (unpaired) electrons. The number of hydrogen-bond acceptors (Lipinski definition) is 12. The largest absolute Gasteiger partial charge is 0.492 e. The van der Waals surface area contributed by atoms with Gasteiger partial charge < -0.3 is 42.6 Å². The van der Waals surface area contributed by atoms with E-state index in [1.54, 1.807) is 19.1 Å². The monoisotopic (exact) mass is 570 g/mol. The maximum atomic E-state index is 12.9. The molecule has 0 fully saturated rings. The molecule has 16 heteroatoms. The molecule has 39 heavy (non-hydrogen) atoms. The van der Waals surface area contributed by atoms with Crippen LogP contribution in [0.5, 0.6) is 5.75 Å². The summed E-state index contributed by atoms with van der Waals surface area (Å²) in [4.78, 5) is 40.3. The van der Waals surface area contributed by atoms with E-state index >= 15 is 0 Å². The fourth-order valence-electron chi connectivity index (χ4n) is 3.44. The lowest BCUT2D eigenvalue weighted by atomic mass is 10.2. The first-order chi connectivity index (χ1) is 18.4. The van der Waals surface area contributed by atoms with E-state index in [9.17, 15) is 22.8 Å². The number of sulfonamides is 1. The van der Waals surface area contributed by atoms with Crippen molar-refractivity contribution in [2.24, 2.45) is 22.2 Å². The minimum absolute atomic E-state index is 0.0869. The number of carbonyl (C=O) groups excluding carboxylic acids is 3. The maximum Gasteiger partial charge on any atom is 0.345 e. The van der Waals surface area contributed by atoms with Gasteiger partial charge in [-0.15, -0.1) is 0 Å². The normalized spacial score (nSPS) is 15.8. The van der Waals surface area contributed by atoms with Crippen molar-refractivity contribution in [3.05, 3.63) is 29.8 Å². The van der Waals surface area contributed by atoms with Gasteiger partial charge in [0, 0.05) is 25.7 Å². The predicted molar refractivity (Wildman–Crippen MR) is 144 cm³/mol. The van der Waals surface area contributed by atoms with Crippen molar-refractivity contribution in [1.29, 1.82) is 0 Å². The van der Waals surface area contributed by atoms with Crippen LogP contribution in [0.25, 0.3) is 0 Å². The lowest BCUT2D eigenvalue weighted by Gasteiger charge is -2.30.